The predicted molar refractivity (Wildman–Crippen MR) is 92.4 cm³/mol. The molecule has 0 radical (unpaired) electrons. The van der Waals surface area contributed by atoms with Crippen molar-refractivity contribution in [2.45, 2.75) is 12.8 Å². The summed E-state index contributed by atoms with van der Waals surface area (Å²) in [6, 6.07) is 6.37. The summed E-state index contributed by atoms with van der Waals surface area (Å²) >= 11 is 11.3. The lowest BCUT2D eigenvalue weighted by Crippen LogP contribution is -2.27. The first-order valence-electron chi connectivity index (χ1n) is 7.36. The minimum atomic E-state index is -0.199. The zero-order valence-electron chi connectivity index (χ0n) is 12.8. The minimum Gasteiger partial charge on any atom is -0.352 e. The lowest BCUT2D eigenvalue weighted by atomic mass is 10.2. The molecule has 0 saturated carbocycles. The summed E-state index contributed by atoms with van der Waals surface area (Å²) in [6.07, 6.45) is 4.34. The zero-order chi connectivity index (χ0) is 17.4. The van der Waals surface area contributed by atoms with Gasteiger partial charge in [-0.2, -0.15) is 0 Å². The van der Waals surface area contributed by atoms with Crippen molar-refractivity contribution in [3.05, 3.63) is 58.1 Å². The first-order valence-corrected chi connectivity index (χ1v) is 8.11. The van der Waals surface area contributed by atoms with Crippen LogP contribution in [0.1, 0.15) is 33.6 Å². The number of halogens is 2. The molecule has 2 amide bonds. The Morgan fingerprint density at radius 1 is 0.792 bits per heavy atom. The highest BCUT2D eigenvalue weighted by Crippen LogP contribution is 2.06. The zero-order valence-corrected chi connectivity index (χ0v) is 14.3. The molecule has 0 saturated heterocycles. The van der Waals surface area contributed by atoms with Gasteiger partial charge in [0.1, 0.15) is 10.3 Å². The van der Waals surface area contributed by atoms with Gasteiger partial charge in [0.2, 0.25) is 0 Å². The molecule has 0 aliphatic rings. The van der Waals surface area contributed by atoms with Crippen molar-refractivity contribution in [2.75, 3.05) is 13.1 Å². The number of nitrogens with one attached hydrogen (secondary N) is 2. The van der Waals surface area contributed by atoms with Crippen LogP contribution in [-0.4, -0.2) is 34.9 Å². The predicted octanol–water partition coefficient (Wildman–Crippen LogP) is 2.72. The van der Waals surface area contributed by atoms with Crippen LogP contribution in [0.4, 0.5) is 0 Å². The number of hydrogen-bond donors (Lipinski definition) is 2. The lowest BCUT2D eigenvalue weighted by Gasteiger charge is -2.07. The molecule has 0 aromatic carbocycles. The van der Waals surface area contributed by atoms with Crippen LogP contribution in [0.5, 0.6) is 0 Å². The Balaban J connectivity index is 1.61. The van der Waals surface area contributed by atoms with Crippen LogP contribution in [0.25, 0.3) is 0 Å². The van der Waals surface area contributed by atoms with E-state index in [1.165, 1.54) is 12.4 Å². The van der Waals surface area contributed by atoms with Crippen LogP contribution in [0.2, 0.25) is 10.3 Å². The van der Waals surface area contributed by atoms with Crippen molar-refractivity contribution in [1.82, 2.24) is 20.6 Å². The first kappa shape index (κ1) is 18.2. The molecule has 0 atom stereocenters. The maximum absolute atomic E-state index is 11.8. The molecule has 0 fully saturated rings. The fourth-order valence-electron chi connectivity index (χ4n) is 1.88. The Kier molecular flexibility index (Phi) is 6.96. The Morgan fingerprint density at radius 2 is 1.21 bits per heavy atom. The van der Waals surface area contributed by atoms with E-state index in [-0.39, 0.29) is 11.8 Å². The minimum absolute atomic E-state index is 0.199. The SMILES string of the molecule is O=C(NCCCCNC(=O)c1ccc(Cl)nc1)c1ccc(Cl)nc1. The number of carbonyl (C=O) groups excluding carboxylic acids is 2. The molecule has 0 aliphatic carbocycles. The summed E-state index contributed by atoms with van der Waals surface area (Å²) < 4.78 is 0. The maximum Gasteiger partial charge on any atom is 0.252 e. The summed E-state index contributed by atoms with van der Waals surface area (Å²) in [4.78, 5) is 31.4. The van der Waals surface area contributed by atoms with Gasteiger partial charge in [0.15, 0.2) is 0 Å². The van der Waals surface area contributed by atoms with Gasteiger partial charge in [-0.05, 0) is 37.1 Å². The van der Waals surface area contributed by atoms with Crippen LogP contribution in [0.3, 0.4) is 0 Å². The number of nitrogens with zero attached hydrogens (tertiary/aromatic N) is 2. The van der Waals surface area contributed by atoms with E-state index in [0.717, 1.165) is 12.8 Å². The number of carbonyl (C=O) groups is 2. The molecule has 8 heteroatoms. The Morgan fingerprint density at radius 3 is 1.54 bits per heavy atom. The topological polar surface area (TPSA) is 84.0 Å². The maximum atomic E-state index is 11.8. The number of amides is 2. The molecule has 0 spiro atoms. The van der Waals surface area contributed by atoms with Crippen LogP contribution in [0, 0.1) is 0 Å². The third-order valence-corrected chi connectivity index (χ3v) is 3.60. The number of hydrogen-bond acceptors (Lipinski definition) is 4. The molecule has 2 aromatic heterocycles. The highest BCUT2D eigenvalue weighted by molar-refractivity contribution is 6.29. The Bertz CT molecular complexity index is 629. The Hall–Kier alpha value is -2.18. The summed E-state index contributed by atoms with van der Waals surface area (Å²) in [5, 5.41) is 6.26. The molecule has 126 valence electrons. The lowest BCUT2D eigenvalue weighted by molar-refractivity contribution is 0.0939. The van der Waals surface area contributed by atoms with Crippen molar-refractivity contribution in [2.24, 2.45) is 0 Å². The van der Waals surface area contributed by atoms with Crippen molar-refractivity contribution in [3.8, 4) is 0 Å². The largest absolute Gasteiger partial charge is 0.352 e. The Labute approximate surface area is 149 Å². The molecule has 2 aromatic rings. The van der Waals surface area contributed by atoms with E-state index in [4.69, 9.17) is 23.2 Å². The number of pyridine rings is 2. The summed E-state index contributed by atoms with van der Waals surface area (Å²) in [5.41, 5.74) is 0.922. The average Bonchev–Trinajstić information content (AvgIpc) is 2.58. The third kappa shape index (κ3) is 5.79. The molecule has 0 bridgehead atoms. The van der Waals surface area contributed by atoms with Crippen molar-refractivity contribution in [1.29, 1.82) is 0 Å². The molecular weight excluding hydrogens is 351 g/mol. The highest BCUT2D eigenvalue weighted by Gasteiger charge is 2.06. The molecule has 6 nitrogen and oxygen atoms in total. The summed E-state index contributed by atoms with van der Waals surface area (Å²) in [6.45, 7) is 1.03. The molecule has 0 aliphatic heterocycles. The summed E-state index contributed by atoms with van der Waals surface area (Å²) in [5.74, 6) is -0.397. The van der Waals surface area contributed by atoms with Crippen LogP contribution < -0.4 is 10.6 Å². The normalized spacial score (nSPS) is 10.2. The fourth-order valence-corrected chi connectivity index (χ4v) is 2.10. The first-order chi connectivity index (χ1) is 11.6. The smallest absolute Gasteiger partial charge is 0.252 e. The van der Waals surface area contributed by atoms with E-state index >= 15 is 0 Å². The van der Waals surface area contributed by atoms with Gasteiger partial charge in [-0.15, -0.1) is 0 Å². The second-order valence-electron chi connectivity index (χ2n) is 4.96. The molecule has 2 heterocycles. The van der Waals surface area contributed by atoms with Crippen LogP contribution >= 0.6 is 23.2 Å². The molecule has 2 rings (SSSR count). The third-order valence-electron chi connectivity index (χ3n) is 3.15. The number of unbranched alkanes of at least 4 members (excludes halogenated alkanes) is 1. The molecular formula is C16H16Cl2N4O2. The fraction of sp³-hybridized carbons (Fsp3) is 0.250. The van der Waals surface area contributed by atoms with Crippen molar-refractivity contribution >= 4 is 35.0 Å². The molecule has 0 unspecified atom stereocenters. The quantitative estimate of drug-likeness (QED) is 0.582. The van der Waals surface area contributed by atoms with Gasteiger partial charge in [-0.3, -0.25) is 9.59 Å². The second-order valence-corrected chi connectivity index (χ2v) is 5.73. The number of aromatic nitrogens is 2. The van der Waals surface area contributed by atoms with Gasteiger partial charge in [-0.1, -0.05) is 23.2 Å². The number of rotatable bonds is 7. The van der Waals surface area contributed by atoms with E-state index in [1.807, 2.05) is 0 Å². The van der Waals surface area contributed by atoms with E-state index in [2.05, 4.69) is 20.6 Å². The monoisotopic (exact) mass is 366 g/mol. The van der Waals surface area contributed by atoms with E-state index < -0.39 is 0 Å². The van der Waals surface area contributed by atoms with Gasteiger partial charge in [0.25, 0.3) is 11.8 Å². The average molecular weight is 367 g/mol. The molecule has 2 N–H and O–H groups in total. The van der Waals surface area contributed by atoms with Crippen LogP contribution in [-0.2, 0) is 0 Å². The highest BCUT2D eigenvalue weighted by atomic mass is 35.5. The second kappa shape index (κ2) is 9.20. The van der Waals surface area contributed by atoms with Gasteiger partial charge >= 0.3 is 0 Å². The van der Waals surface area contributed by atoms with Gasteiger partial charge < -0.3 is 10.6 Å². The van der Waals surface area contributed by atoms with Crippen LogP contribution in [0.15, 0.2) is 36.7 Å². The summed E-state index contributed by atoms with van der Waals surface area (Å²) in [7, 11) is 0. The van der Waals surface area contributed by atoms with Gasteiger partial charge in [0, 0.05) is 25.5 Å². The van der Waals surface area contributed by atoms with Crippen molar-refractivity contribution < 1.29 is 9.59 Å². The van der Waals surface area contributed by atoms with E-state index in [9.17, 15) is 9.59 Å². The molecule has 24 heavy (non-hydrogen) atoms. The van der Waals surface area contributed by atoms with Crippen molar-refractivity contribution in [3.63, 3.8) is 0 Å². The van der Waals surface area contributed by atoms with Gasteiger partial charge in [-0.25, -0.2) is 9.97 Å². The van der Waals surface area contributed by atoms with Gasteiger partial charge in [0.05, 0.1) is 11.1 Å². The van der Waals surface area contributed by atoms with E-state index in [1.54, 1.807) is 24.3 Å². The standard InChI is InChI=1S/C16H16Cl2N4O2/c17-13-5-3-11(9-21-13)15(23)19-7-1-2-8-20-16(24)12-4-6-14(18)22-10-12/h3-6,9-10H,1-2,7-8H2,(H,19,23)(H,20,24). The van der Waals surface area contributed by atoms with E-state index in [0.29, 0.717) is 34.5 Å².